The maximum absolute atomic E-state index is 11.5. The third-order valence-corrected chi connectivity index (χ3v) is 2.36. The molecule has 1 heterocycles. The van der Waals surface area contributed by atoms with Crippen LogP contribution in [0.15, 0.2) is 12.3 Å². The van der Waals surface area contributed by atoms with Gasteiger partial charge in [-0.25, -0.2) is 4.98 Å². The van der Waals surface area contributed by atoms with Gasteiger partial charge in [0.25, 0.3) is 0 Å². The van der Waals surface area contributed by atoms with Crippen LogP contribution in [0.1, 0.15) is 27.2 Å². The van der Waals surface area contributed by atoms with Crippen LogP contribution in [-0.2, 0) is 9.53 Å². The summed E-state index contributed by atoms with van der Waals surface area (Å²) in [4.78, 5) is 21.7. The van der Waals surface area contributed by atoms with Gasteiger partial charge in [0.05, 0.1) is 13.2 Å². The van der Waals surface area contributed by atoms with Gasteiger partial charge in [-0.1, -0.05) is 6.92 Å². The molecule has 19 heavy (non-hydrogen) atoms. The van der Waals surface area contributed by atoms with Crippen molar-refractivity contribution >= 4 is 11.9 Å². The molecule has 0 aliphatic carbocycles. The molecule has 1 aromatic rings. The van der Waals surface area contributed by atoms with Crippen molar-refractivity contribution in [2.45, 2.75) is 27.2 Å². The lowest BCUT2D eigenvalue weighted by Crippen LogP contribution is -2.32. The lowest BCUT2D eigenvalue weighted by atomic mass is 10.5. The monoisotopic (exact) mass is 267 g/mol. The smallest absolute Gasteiger partial charge is 0.325 e. The number of esters is 1. The van der Waals surface area contributed by atoms with Gasteiger partial charge in [0.1, 0.15) is 6.54 Å². The lowest BCUT2D eigenvalue weighted by Gasteiger charge is -2.19. The van der Waals surface area contributed by atoms with E-state index in [0.717, 1.165) is 6.42 Å². The predicted molar refractivity (Wildman–Crippen MR) is 72.3 cm³/mol. The molecule has 6 heteroatoms. The van der Waals surface area contributed by atoms with Gasteiger partial charge in [0.2, 0.25) is 11.8 Å². The minimum absolute atomic E-state index is 0.140. The van der Waals surface area contributed by atoms with E-state index < -0.39 is 0 Å². The van der Waals surface area contributed by atoms with E-state index in [2.05, 4.69) is 9.97 Å². The highest BCUT2D eigenvalue weighted by atomic mass is 16.5. The fraction of sp³-hybridized carbons (Fsp3) is 0.615. The fourth-order valence-electron chi connectivity index (χ4n) is 1.46. The Morgan fingerprint density at radius 2 is 2.16 bits per heavy atom. The summed E-state index contributed by atoms with van der Waals surface area (Å²) < 4.78 is 10.4. The summed E-state index contributed by atoms with van der Waals surface area (Å²) in [5.41, 5.74) is 0. The maximum atomic E-state index is 11.5. The van der Waals surface area contributed by atoms with Crippen LogP contribution >= 0.6 is 0 Å². The Hall–Kier alpha value is -1.85. The Morgan fingerprint density at radius 3 is 2.79 bits per heavy atom. The molecule has 0 amide bonds. The largest absolute Gasteiger partial charge is 0.478 e. The number of hydrogen-bond acceptors (Lipinski definition) is 6. The Balaban J connectivity index is 2.71. The molecular weight excluding hydrogens is 246 g/mol. The van der Waals surface area contributed by atoms with Gasteiger partial charge < -0.3 is 14.4 Å². The zero-order valence-corrected chi connectivity index (χ0v) is 11.8. The molecule has 106 valence electrons. The highest BCUT2D eigenvalue weighted by molar-refractivity contribution is 5.74. The quantitative estimate of drug-likeness (QED) is 0.667. The fourth-order valence-corrected chi connectivity index (χ4v) is 1.46. The summed E-state index contributed by atoms with van der Waals surface area (Å²) in [6.45, 7) is 7.49. The third-order valence-electron chi connectivity index (χ3n) is 2.36. The number of hydrogen-bond donors (Lipinski definition) is 0. The molecule has 0 aliphatic heterocycles. The second-order valence-corrected chi connectivity index (χ2v) is 3.86. The molecule has 0 saturated carbocycles. The first-order valence-electron chi connectivity index (χ1n) is 6.57. The minimum Gasteiger partial charge on any atom is -0.478 e. The van der Waals surface area contributed by atoms with E-state index in [9.17, 15) is 4.79 Å². The highest BCUT2D eigenvalue weighted by Gasteiger charge is 2.13. The normalized spacial score (nSPS) is 10.1. The van der Waals surface area contributed by atoms with Gasteiger partial charge in [-0.15, -0.1) is 0 Å². The summed E-state index contributed by atoms with van der Waals surface area (Å²) in [5, 5.41) is 0. The summed E-state index contributed by atoms with van der Waals surface area (Å²) >= 11 is 0. The number of likely N-dealkylation sites (N-methyl/N-ethyl adjacent to an activating group) is 1. The van der Waals surface area contributed by atoms with Crippen molar-refractivity contribution in [2.75, 3.05) is 31.2 Å². The lowest BCUT2D eigenvalue weighted by molar-refractivity contribution is -0.141. The first kappa shape index (κ1) is 15.2. The SMILES string of the molecule is CCCOc1ccnc(N(CC)CC(=O)OCC)n1. The number of carbonyl (C=O) groups is 1. The van der Waals surface area contributed by atoms with Crippen LogP contribution in [0.3, 0.4) is 0 Å². The molecule has 0 fully saturated rings. The Labute approximate surface area is 113 Å². The summed E-state index contributed by atoms with van der Waals surface area (Å²) in [5.74, 6) is 0.714. The molecule has 0 aromatic carbocycles. The number of ether oxygens (including phenoxy) is 2. The van der Waals surface area contributed by atoms with Gasteiger partial charge in [0.15, 0.2) is 0 Å². The molecule has 0 unspecified atom stereocenters. The molecule has 0 N–H and O–H groups in total. The standard InChI is InChI=1S/C13H21N3O3/c1-4-9-19-11-7-8-14-13(15-11)16(5-2)10-12(17)18-6-3/h7-8H,4-6,9-10H2,1-3H3. The Bertz CT molecular complexity index is 398. The second kappa shape index (κ2) is 8.29. The molecule has 0 bridgehead atoms. The van der Waals surface area contributed by atoms with E-state index in [1.54, 1.807) is 24.1 Å². The number of carbonyl (C=O) groups excluding carboxylic acids is 1. The van der Waals surface area contributed by atoms with Crippen molar-refractivity contribution in [3.05, 3.63) is 12.3 Å². The predicted octanol–water partition coefficient (Wildman–Crippen LogP) is 1.65. The first-order valence-corrected chi connectivity index (χ1v) is 6.57. The van der Waals surface area contributed by atoms with Crippen LogP contribution in [-0.4, -0.2) is 42.2 Å². The van der Waals surface area contributed by atoms with Crippen molar-refractivity contribution in [1.82, 2.24) is 9.97 Å². The minimum atomic E-state index is -0.284. The van der Waals surface area contributed by atoms with Crippen molar-refractivity contribution in [1.29, 1.82) is 0 Å². The zero-order valence-electron chi connectivity index (χ0n) is 11.8. The number of aromatic nitrogens is 2. The van der Waals surface area contributed by atoms with Gasteiger partial charge in [0, 0.05) is 18.8 Å². The van der Waals surface area contributed by atoms with Crippen molar-refractivity contribution in [2.24, 2.45) is 0 Å². The van der Waals surface area contributed by atoms with Gasteiger partial charge in [-0.3, -0.25) is 4.79 Å². The number of rotatable bonds is 8. The third kappa shape index (κ3) is 5.11. The summed E-state index contributed by atoms with van der Waals surface area (Å²) in [7, 11) is 0. The second-order valence-electron chi connectivity index (χ2n) is 3.86. The van der Waals surface area contributed by atoms with Crippen LogP contribution in [0.25, 0.3) is 0 Å². The maximum Gasteiger partial charge on any atom is 0.325 e. The summed E-state index contributed by atoms with van der Waals surface area (Å²) in [6, 6.07) is 1.71. The van der Waals surface area contributed by atoms with Crippen molar-refractivity contribution in [3.8, 4) is 5.88 Å². The van der Waals surface area contributed by atoms with E-state index >= 15 is 0 Å². The average molecular weight is 267 g/mol. The topological polar surface area (TPSA) is 64.5 Å². The average Bonchev–Trinajstić information content (AvgIpc) is 2.43. The zero-order chi connectivity index (χ0) is 14.1. The van der Waals surface area contributed by atoms with E-state index in [0.29, 0.717) is 31.6 Å². The van der Waals surface area contributed by atoms with Crippen molar-refractivity contribution < 1.29 is 14.3 Å². The van der Waals surface area contributed by atoms with Gasteiger partial charge in [-0.2, -0.15) is 4.98 Å². The molecule has 0 spiro atoms. The van der Waals surface area contributed by atoms with Crippen LogP contribution in [0.4, 0.5) is 5.95 Å². The molecular formula is C13H21N3O3. The van der Waals surface area contributed by atoms with Gasteiger partial charge >= 0.3 is 5.97 Å². The molecule has 6 nitrogen and oxygen atoms in total. The van der Waals surface area contributed by atoms with Gasteiger partial charge in [-0.05, 0) is 20.3 Å². The first-order chi connectivity index (χ1) is 9.21. The van der Waals surface area contributed by atoms with Crippen LogP contribution in [0, 0.1) is 0 Å². The Morgan fingerprint density at radius 1 is 1.37 bits per heavy atom. The van der Waals surface area contributed by atoms with Crippen LogP contribution in [0.2, 0.25) is 0 Å². The van der Waals surface area contributed by atoms with E-state index in [-0.39, 0.29) is 12.5 Å². The van der Waals surface area contributed by atoms with E-state index in [4.69, 9.17) is 9.47 Å². The summed E-state index contributed by atoms with van der Waals surface area (Å²) in [6.07, 6.45) is 2.54. The van der Waals surface area contributed by atoms with Crippen LogP contribution < -0.4 is 9.64 Å². The number of anilines is 1. The van der Waals surface area contributed by atoms with E-state index in [1.165, 1.54) is 0 Å². The molecule has 1 aromatic heterocycles. The number of nitrogens with zero attached hydrogens (tertiary/aromatic N) is 3. The molecule has 1 rings (SSSR count). The molecule has 0 radical (unpaired) electrons. The van der Waals surface area contributed by atoms with Crippen LogP contribution in [0.5, 0.6) is 5.88 Å². The Kier molecular flexibility index (Phi) is 6.63. The molecule has 0 saturated heterocycles. The van der Waals surface area contributed by atoms with E-state index in [1.807, 2.05) is 13.8 Å². The molecule has 0 aliphatic rings. The highest BCUT2D eigenvalue weighted by Crippen LogP contribution is 2.12. The van der Waals surface area contributed by atoms with Crippen molar-refractivity contribution in [3.63, 3.8) is 0 Å². The molecule has 0 atom stereocenters.